The number of hydrogen-bond acceptors (Lipinski definition) is 7. The zero-order valence-corrected chi connectivity index (χ0v) is 15.7. The molecule has 0 radical (unpaired) electrons. The number of rotatable bonds is 7. The van der Waals surface area contributed by atoms with Crippen LogP contribution in [0.5, 0.6) is 0 Å². The molecule has 2 heterocycles. The fraction of sp³-hybridized carbons (Fsp3) is 0.235. The smallest absolute Gasteiger partial charge is 0.257 e. The van der Waals surface area contributed by atoms with Gasteiger partial charge in [0.25, 0.3) is 5.91 Å². The van der Waals surface area contributed by atoms with Crippen molar-refractivity contribution >= 4 is 32.4 Å². The number of carbonyl (C=O) groups excluding carboxylic acids is 1. The molecule has 2 aromatic heterocycles. The minimum atomic E-state index is -3.70. The molecule has 0 saturated heterocycles. The second-order valence-electron chi connectivity index (χ2n) is 6.10. The fourth-order valence-electron chi connectivity index (χ4n) is 2.40. The number of nitrogens with zero attached hydrogens (tertiary/aromatic N) is 2. The van der Waals surface area contributed by atoms with Crippen LogP contribution in [0.2, 0.25) is 0 Å². The Hall–Kier alpha value is -2.56. The van der Waals surface area contributed by atoms with Crippen LogP contribution in [0.15, 0.2) is 52.0 Å². The van der Waals surface area contributed by atoms with Crippen molar-refractivity contribution in [1.29, 1.82) is 0 Å². The lowest BCUT2D eigenvalue weighted by molar-refractivity contribution is 0.102. The molecule has 2 N–H and O–H groups in total. The lowest BCUT2D eigenvalue weighted by Gasteiger charge is -2.06. The Labute approximate surface area is 159 Å². The van der Waals surface area contributed by atoms with E-state index in [0.29, 0.717) is 22.4 Å². The second kappa shape index (κ2) is 7.22. The van der Waals surface area contributed by atoms with Crippen LogP contribution in [0.25, 0.3) is 0 Å². The van der Waals surface area contributed by atoms with Crippen LogP contribution in [0.4, 0.5) is 5.13 Å². The van der Waals surface area contributed by atoms with Gasteiger partial charge in [-0.3, -0.25) is 10.1 Å². The number of anilines is 1. The lowest BCUT2D eigenvalue weighted by Crippen LogP contribution is -2.23. The summed E-state index contributed by atoms with van der Waals surface area (Å²) in [5.74, 6) is 0.629. The van der Waals surface area contributed by atoms with Gasteiger partial charge in [-0.2, -0.15) is 0 Å². The number of amides is 1. The van der Waals surface area contributed by atoms with Gasteiger partial charge in [0.1, 0.15) is 10.8 Å². The average molecular weight is 404 g/mol. The van der Waals surface area contributed by atoms with Gasteiger partial charge in [-0.05, 0) is 49.2 Å². The van der Waals surface area contributed by atoms with Gasteiger partial charge in [0.05, 0.1) is 17.7 Å². The third kappa shape index (κ3) is 4.24. The molecule has 1 aliphatic carbocycles. The van der Waals surface area contributed by atoms with Crippen LogP contribution in [-0.4, -0.2) is 24.5 Å². The maximum absolute atomic E-state index is 12.3. The van der Waals surface area contributed by atoms with E-state index in [-0.39, 0.29) is 17.3 Å². The first-order chi connectivity index (χ1) is 13.0. The largest absolute Gasteiger partial charge is 0.468 e. The Morgan fingerprint density at radius 3 is 2.63 bits per heavy atom. The average Bonchev–Trinajstić information content (AvgIpc) is 3.18. The molecule has 0 aliphatic heterocycles. The first-order valence-electron chi connectivity index (χ1n) is 8.28. The van der Waals surface area contributed by atoms with Gasteiger partial charge in [0.15, 0.2) is 0 Å². The van der Waals surface area contributed by atoms with Crippen molar-refractivity contribution in [3.05, 3.63) is 59.0 Å². The van der Waals surface area contributed by atoms with E-state index in [4.69, 9.17) is 4.42 Å². The highest BCUT2D eigenvalue weighted by Gasteiger charge is 2.27. The minimum Gasteiger partial charge on any atom is -0.468 e. The lowest BCUT2D eigenvalue weighted by atomic mass is 10.2. The van der Waals surface area contributed by atoms with Gasteiger partial charge in [-0.15, -0.1) is 10.2 Å². The summed E-state index contributed by atoms with van der Waals surface area (Å²) >= 11 is 1.37. The van der Waals surface area contributed by atoms with Crippen LogP contribution in [0.1, 0.15) is 39.9 Å². The van der Waals surface area contributed by atoms with Crippen molar-refractivity contribution in [2.75, 3.05) is 5.32 Å². The molecule has 1 saturated carbocycles. The van der Waals surface area contributed by atoms with Gasteiger partial charge < -0.3 is 4.42 Å². The summed E-state index contributed by atoms with van der Waals surface area (Å²) in [6, 6.07) is 9.05. The van der Waals surface area contributed by atoms with Gasteiger partial charge in [0.2, 0.25) is 15.2 Å². The maximum Gasteiger partial charge on any atom is 0.257 e. The van der Waals surface area contributed by atoms with Crippen LogP contribution in [0, 0.1) is 0 Å². The number of nitrogens with one attached hydrogen (secondary N) is 2. The fourth-order valence-corrected chi connectivity index (χ4v) is 4.30. The van der Waals surface area contributed by atoms with Gasteiger partial charge >= 0.3 is 0 Å². The van der Waals surface area contributed by atoms with E-state index in [1.807, 2.05) is 0 Å². The van der Waals surface area contributed by atoms with Crippen molar-refractivity contribution in [2.24, 2.45) is 0 Å². The molecule has 10 heteroatoms. The van der Waals surface area contributed by atoms with Crippen LogP contribution >= 0.6 is 11.3 Å². The molecule has 1 aromatic carbocycles. The Morgan fingerprint density at radius 2 is 1.96 bits per heavy atom. The Morgan fingerprint density at radius 1 is 1.19 bits per heavy atom. The van der Waals surface area contributed by atoms with E-state index in [1.165, 1.54) is 41.9 Å². The standard InChI is InChI=1S/C17H16N4O4S2/c22-15(19-17-21-20-16(26-17)12-3-4-12)11-5-7-14(8-6-11)27(23,24)18-10-13-2-1-9-25-13/h1-2,5-9,12,18H,3-4,10H2,(H,19,21,22). The number of benzene rings is 1. The number of sulfonamides is 1. The van der Waals surface area contributed by atoms with E-state index in [1.54, 1.807) is 12.1 Å². The van der Waals surface area contributed by atoms with Crippen LogP contribution in [-0.2, 0) is 16.6 Å². The van der Waals surface area contributed by atoms with Crippen LogP contribution < -0.4 is 10.0 Å². The van der Waals surface area contributed by atoms with E-state index < -0.39 is 10.0 Å². The minimum absolute atomic E-state index is 0.0535. The zero-order valence-electron chi connectivity index (χ0n) is 14.1. The molecule has 0 bridgehead atoms. The van der Waals surface area contributed by atoms with Crippen molar-refractivity contribution in [3.63, 3.8) is 0 Å². The summed E-state index contributed by atoms with van der Waals surface area (Å²) in [5.41, 5.74) is 0.336. The molecule has 1 fully saturated rings. The molecule has 27 heavy (non-hydrogen) atoms. The van der Waals surface area contributed by atoms with Crippen molar-refractivity contribution in [2.45, 2.75) is 30.2 Å². The summed E-state index contributed by atoms with van der Waals surface area (Å²) in [6.07, 6.45) is 3.71. The SMILES string of the molecule is O=C(Nc1nnc(C2CC2)s1)c1ccc(S(=O)(=O)NCc2ccco2)cc1. The predicted octanol–water partition coefficient (Wildman–Crippen LogP) is 2.74. The molecule has 4 rings (SSSR count). The van der Waals surface area contributed by atoms with Crippen molar-refractivity contribution in [3.8, 4) is 0 Å². The highest BCUT2D eigenvalue weighted by Crippen LogP contribution is 2.42. The van der Waals surface area contributed by atoms with E-state index >= 15 is 0 Å². The molecule has 8 nitrogen and oxygen atoms in total. The predicted molar refractivity (Wildman–Crippen MR) is 99.0 cm³/mol. The summed E-state index contributed by atoms with van der Waals surface area (Å²) in [4.78, 5) is 12.4. The molecule has 3 aromatic rings. The zero-order chi connectivity index (χ0) is 18.9. The monoisotopic (exact) mass is 404 g/mol. The third-order valence-corrected chi connectivity index (χ3v) is 6.45. The van der Waals surface area contributed by atoms with E-state index in [0.717, 1.165) is 17.8 Å². The molecular formula is C17H16N4O4S2. The Bertz CT molecular complexity index is 1040. The van der Waals surface area contributed by atoms with E-state index in [9.17, 15) is 13.2 Å². The van der Waals surface area contributed by atoms with Crippen LogP contribution in [0.3, 0.4) is 0 Å². The van der Waals surface area contributed by atoms with Crippen molar-refractivity contribution < 1.29 is 17.6 Å². The van der Waals surface area contributed by atoms with Gasteiger partial charge in [-0.25, -0.2) is 13.1 Å². The highest BCUT2D eigenvalue weighted by atomic mass is 32.2. The van der Waals surface area contributed by atoms with Crippen molar-refractivity contribution in [1.82, 2.24) is 14.9 Å². The first-order valence-corrected chi connectivity index (χ1v) is 10.6. The number of hydrogen-bond donors (Lipinski definition) is 2. The summed E-state index contributed by atoms with van der Waals surface area (Å²) < 4.78 is 32.2. The molecule has 0 spiro atoms. The molecular weight excluding hydrogens is 388 g/mol. The van der Waals surface area contributed by atoms with E-state index in [2.05, 4.69) is 20.2 Å². The number of furan rings is 1. The summed E-state index contributed by atoms with van der Waals surface area (Å²) in [6.45, 7) is 0.0535. The number of carbonyl (C=O) groups is 1. The molecule has 140 valence electrons. The Kier molecular flexibility index (Phi) is 4.77. The third-order valence-electron chi connectivity index (χ3n) is 4.03. The first kappa shape index (κ1) is 17.8. The second-order valence-corrected chi connectivity index (χ2v) is 8.88. The van der Waals surface area contributed by atoms with Gasteiger partial charge in [-0.1, -0.05) is 11.3 Å². The summed E-state index contributed by atoms with van der Waals surface area (Å²) in [7, 11) is -3.70. The maximum atomic E-state index is 12.3. The molecule has 1 aliphatic rings. The van der Waals surface area contributed by atoms with Gasteiger partial charge in [0, 0.05) is 11.5 Å². The normalized spacial score (nSPS) is 14.2. The molecule has 0 atom stereocenters. The highest BCUT2D eigenvalue weighted by molar-refractivity contribution is 7.89. The Balaban J connectivity index is 1.40. The quantitative estimate of drug-likeness (QED) is 0.626. The number of aromatic nitrogens is 2. The summed E-state index contributed by atoms with van der Waals surface area (Å²) in [5, 5.41) is 12.1. The molecule has 1 amide bonds. The topological polar surface area (TPSA) is 114 Å². The molecule has 0 unspecified atom stereocenters.